The lowest BCUT2D eigenvalue weighted by Gasteiger charge is -2.10. The number of halogens is 3. The minimum atomic E-state index is -4.41. The molecule has 0 radical (unpaired) electrons. The topological polar surface area (TPSA) is 46.9 Å². The van der Waals surface area contributed by atoms with E-state index in [4.69, 9.17) is 0 Å². The third kappa shape index (κ3) is 1.85. The van der Waals surface area contributed by atoms with Gasteiger partial charge in [0, 0.05) is 18.0 Å². The number of anilines is 1. The molecule has 1 aromatic heterocycles. The van der Waals surface area contributed by atoms with Crippen molar-refractivity contribution in [2.75, 3.05) is 5.32 Å². The standard InChI is InChI=1S/C12H10F3N3O/c1-6-5-18-10(16-6)8-4-7(12(13,14)15)2-3-9(8)17-11(18)19/h2-4,6,16H,5H2,1H3. The minimum Gasteiger partial charge on any atom is -0.367 e. The molecule has 100 valence electrons. The molecule has 0 saturated heterocycles. The summed E-state index contributed by atoms with van der Waals surface area (Å²) in [5.41, 5.74) is -0.922. The SMILES string of the molecule is CC1Cn2c(c3cc(C(F)(F)F)ccc3nc2=O)N1. The summed E-state index contributed by atoms with van der Waals surface area (Å²) in [6, 6.07) is 3.18. The van der Waals surface area contributed by atoms with Crippen molar-refractivity contribution >= 4 is 16.7 Å². The van der Waals surface area contributed by atoms with Gasteiger partial charge in [-0.25, -0.2) is 4.79 Å². The summed E-state index contributed by atoms with van der Waals surface area (Å²) in [6.07, 6.45) is -4.41. The molecule has 0 aliphatic carbocycles. The molecule has 0 bridgehead atoms. The molecule has 0 fully saturated rings. The van der Waals surface area contributed by atoms with E-state index in [1.54, 1.807) is 0 Å². The van der Waals surface area contributed by atoms with Crippen LogP contribution >= 0.6 is 0 Å². The van der Waals surface area contributed by atoms with Gasteiger partial charge in [-0.2, -0.15) is 18.2 Å². The lowest BCUT2D eigenvalue weighted by Crippen LogP contribution is -2.22. The van der Waals surface area contributed by atoms with E-state index >= 15 is 0 Å². The highest BCUT2D eigenvalue weighted by Crippen LogP contribution is 2.33. The quantitative estimate of drug-likeness (QED) is 0.797. The Bertz CT molecular complexity index is 720. The highest BCUT2D eigenvalue weighted by atomic mass is 19.4. The van der Waals surface area contributed by atoms with E-state index in [-0.39, 0.29) is 11.6 Å². The summed E-state index contributed by atoms with van der Waals surface area (Å²) in [5.74, 6) is 0.411. The highest BCUT2D eigenvalue weighted by molar-refractivity contribution is 5.90. The fourth-order valence-corrected chi connectivity index (χ4v) is 2.28. The van der Waals surface area contributed by atoms with Crippen LogP contribution in [0.25, 0.3) is 10.9 Å². The van der Waals surface area contributed by atoms with Gasteiger partial charge in [0.1, 0.15) is 5.82 Å². The van der Waals surface area contributed by atoms with Crippen LogP contribution in [0.4, 0.5) is 19.0 Å². The number of fused-ring (bicyclic) bond motifs is 3. The Morgan fingerprint density at radius 1 is 1.42 bits per heavy atom. The molecule has 1 N–H and O–H groups in total. The monoisotopic (exact) mass is 269 g/mol. The average Bonchev–Trinajstić information content (AvgIpc) is 2.70. The Morgan fingerprint density at radius 3 is 2.84 bits per heavy atom. The zero-order chi connectivity index (χ0) is 13.8. The van der Waals surface area contributed by atoms with Crippen LogP contribution in [0.15, 0.2) is 23.0 Å². The number of hydrogen-bond donors (Lipinski definition) is 1. The van der Waals surface area contributed by atoms with Gasteiger partial charge < -0.3 is 5.32 Å². The number of rotatable bonds is 0. The van der Waals surface area contributed by atoms with E-state index < -0.39 is 17.4 Å². The molecule has 0 saturated carbocycles. The van der Waals surface area contributed by atoms with Crippen LogP contribution in [-0.2, 0) is 12.7 Å². The fourth-order valence-electron chi connectivity index (χ4n) is 2.28. The summed E-state index contributed by atoms with van der Waals surface area (Å²) < 4.78 is 39.5. The first-order chi connectivity index (χ1) is 8.86. The predicted octanol–water partition coefficient (Wildman–Crippen LogP) is 2.23. The molecule has 19 heavy (non-hydrogen) atoms. The summed E-state index contributed by atoms with van der Waals surface area (Å²) >= 11 is 0. The first-order valence-electron chi connectivity index (χ1n) is 5.74. The second-order valence-electron chi connectivity index (χ2n) is 4.63. The van der Waals surface area contributed by atoms with Crippen LogP contribution in [0, 0.1) is 0 Å². The molecule has 1 aromatic carbocycles. The number of alkyl halides is 3. The zero-order valence-corrected chi connectivity index (χ0v) is 9.95. The molecule has 1 unspecified atom stereocenters. The maximum absolute atomic E-state index is 12.7. The third-order valence-electron chi connectivity index (χ3n) is 3.14. The molecule has 1 aliphatic heterocycles. The maximum Gasteiger partial charge on any atom is 0.416 e. The molecular formula is C12H10F3N3O. The van der Waals surface area contributed by atoms with Crippen molar-refractivity contribution in [2.24, 2.45) is 0 Å². The van der Waals surface area contributed by atoms with Crippen molar-refractivity contribution in [2.45, 2.75) is 25.7 Å². The molecule has 4 nitrogen and oxygen atoms in total. The number of aromatic nitrogens is 2. The van der Waals surface area contributed by atoms with E-state index in [0.717, 1.165) is 12.1 Å². The Labute approximate surface area is 105 Å². The van der Waals surface area contributed by atoms with E-state index in [1.807, 2.05) is 6.92 Å². The van der Waals surface area contributed by atoms with Crippen LogP contribution in [0.1, 0.15) is 12.5 Å². The molecular weight excluding hydrogens is 259 g/mol. The molecule has 2 aromatic rings. The minimum absolute atomic E-state index is 0.00496. The zero-order valence-electron chi connectivity index (χ0n) is 9.95. The van der Waals surface area contributed by atoms with Crippen molar-refractivity contribution in [3.63, 3.8) is 0 Å². The van der Waals surface area contributed by atoms with Crippen LogP contribution in [0.2, 0.25) is 0 Å². The molecule has 7 heteroatoms. The Kier molecular flexibility index (Phi) is 2.35. The van der Waals surface area contributed by atoms with Gasteiger partial charge in [-0.3, -0.25) is 4.57 Å². The summed E-state index contributed by atoms with van der Waals surface area (Å²) in [6.45, 7) is 2.26. The molecule has 0 amide bonds. The first kappa shape index (κ1) is 12.0. The summed E-state index contributed by atoms with van der Waals surface area (Å²) in [5, 5.41) is 3.33. The van der Waals surface area contributed by atoms with Crippen LogP contribution in [0.5, 0.6) is 0 Å². The summed E-state index contributed by atoms with van der Waals surface area (Å²) in [4.78, 5) is 15.5. The largest absolute Gasteiger partial charge is 0.416 e. The van der Waals surface area contributed by atoms with Crippen molar-refractivity contribution in [1.82, 2.24) is 9.55 Å². The number of benzene rings is 1. The van der Waals surface area contributed by atoms with E-state index in [1.165, 1.54) is 10.6 Å². The molecule has 0 spiro atoms. The lowest BCUT2D eigenvalue weighted by molar-refractivity contribution is -0.137. The maximum atomic E-state index is 12.7. The van der Waals surface area contributed by atoms with Gasteiger partial charge in [0.05, 0.1) is 11.1 Å². The van der Waals surface area contributed by atoms with Crippen LogP contribution in [0.3, 0.4) is 0 Å². The number of nitrogens with zero attached hydrogens (tertiary/aromatic N) is 2. The highest BCUT2D eigenvalue weighted by Gasteiger charge is 2.31. The van der Waals surface area contributed by atoms with Gasteiger partial charge >= 0.3 is 11.9 Å². The summed E-state index contributed by atoms with van der Waals surface area (Å²) in [7, 11) is 0. The van der Waals surface area contributed by atoms with Gasteiger partial charge in [0.15, 0.2) is 0 Å². The lowest BCUT2D eigenvalue weighted by atomic mass is 10.1. The fraction of sp³-hybridized carbons (Fsp3) is 0.333. The first-order valence-corrected chi connectivity index (χ1v) is 5.74. The molecule has 3 rings (SSSR count). The average molecular weight is 269 g/mol. The molecule has 2 heterocycles. The van der Waals surface area contributed by atoms with Gasteiger partial charge in [-0.1, -0.05) is 0 Å². The molecule has 1 atom stereocenters. The van der Waals surface area contributed by atoms with E-state index in [9.17, 15) is 18.0 Å². The van der Waals surface area contributed by atoms with Crippen molar-refractivity contribution < 1.29 is 13.2 Å². The Hall–Kier alpha value is -2.05. The normalized spacial score (nSPS) is 18.4. The second kappa shape index (κ2) is 3.72. The van der Waals surface area contributed by atoms with Gasteiger partial charge in [0.25, 0.3) is 0 Å². The van der Waals surface area contributed by atoms with E-state index in [2.05, 4.69) is 10.3 Å². The van der Waals surface area contributed by atoms with Crippen molar-refractivity contribution in [3.8, 4) is 0 Å². The van der Waals surface area contributed by atoms with Crippen molar-refractivity contribution in [1.29, 1.82) is 0 Å². The van der Waals surface area contributed by atoms with Gasteiger partial charge in [-0.15, -0.1) is 0 Å². The van der Waals surface area contributed by atoms with Gasteiger partial charge in [0.2, 0.25) is 0 Å². The molecule has 1 aliphatic rings. The van der Waals surface area contributed by atoms with Crippen molar-refractivity contribution in [3.05, 3.63) is 34.2 Å². The van der Waals surface area contributed by atoms with Gasteiger partial charge in [-0.05, 0) is 25.1 Å². The Balaban J connectivity index is 2.32. The smallest absolute Gasteiger partial charge is 0.367 e. The number of nitrogens with one attached hydrogen (secondary N) is 1. The second-order valence-corrected chi connectivity index (χ2v) is 4.63. The predicted molar refractivity (Wildman–Crippen MR) is 64.1 cm³/mol. The van der Waals surface area contributed by atoms with Crippen LogP contribution in [-0.4, -0.2) is 15.6 Å². The Morgan fingerprint density at radius 2 is 2.16 bits per heavy atom. The van der Waals surface area contributed by atoms with Crippen LogP contribution < -0.4 is 11.0 Å². The number of hydrogen-bond acceptors (Lipinski definition) is 3. The third-order valence-corrected chi connectivity index (χ3v) is 3.14. The van der Waals surface area contributed by atoms with E-state index in [0.29, 0.717) is 17.7 Å².